The molecule has 140 valence electrons. The average Bonchev–Trinajstić information content (AvgIpc) is 3.16. The number of H-pyrrole nitrogens is 1. The fourth-order valence-electron chi connectivity index (χ4n) is 3.33. The topological polar surface area (TPSA) is 113 Å². The van der Waals surface area contributed by atoms with E-state index in [9.17, 15) is 14.9 Å². The van der Waals surface area contributed by atoms with Gasteiger partial charge >= 0.3 is 0 Å². The van der Waals surface area contributed by atoms with Crippen LogP contribution in [0.15, 0.2) is 53.6 Å². The molecule has 3 aromatic rings. The van der Waals surface area contributed by atoms with Crippen LogP contribution in [-0.4, -0.2) is 26.7 Å². The Morgan fingerprint density at radius 1 is 1.18 bits per heavy atom. The molecule has 1 aliphatic carbocycles. The number of nitrogens with one attached hydrogen (secondary N) is 2. The lowest BCUT2D eigenvalue weighted by molar-refractivity contribution is -0.384. The summed E-state index contributed by atoms with van der Waals surface area (Å²) in [4.78, 5) is 22.9. The third kappa shape index (κ3) is 3.16. The fourth-order valence-corrected chi connectivity index (χ4v) is 3.33. The van der Waals surface area contributed by atoms with Crippen molar-refractivity contribution in [3.05, 3.63) is 81.0 Å². The van der Waals surface area contributed by atoms with Crippen LogP contribution in [-0.2, 0) is 12.8 Å². The first-order valence-corrected chi connectivity index (χ1v) is 8.79. The minimum atomic E-state index is -0.461. The monoisotopic (exact) mass is 375 g/mol. The quantitative estimate of drug-likeness (QED) is 0.414. The number of rotatable bonds is 4. The second-order valence-electron chi connectivity index (χ2n) is 6.53. The Balaban J connectivity index is 1.53. The molecule has 0 atom stereocenters. The van der Waals surface area contributed by atoms with E-state index in [1.807, 2.05) is 18.2 Å². The van der Waals surface area contributed by atoms with E-state index in [2.05, 4.69) is 26.8 Å². The smallest absolute Gasteiger partial charge is 0.272 e. The van der Waals surface area contributed by atoms with Gasteiger partial charge in [-0.05, 0) is 43.0 Å². The number of nitrogens with zero attached hydrogens (tertiary/aromatic N) is 3. The Bertz CT molecular complexity index is 1100. The molecule has 0 aliphatic heterocycles. The van der Waals surface area contributed by atoms with Crippen molar-refractivity contribution in [1.29, 1.82) is 0 Å². The molecule has 1 amide bonds. The molecule has 0 radical (unpaired) electrons. The van der Waals surface area contributed by atoms with Crippen LogP contribution in [0, 0.1) is 10.1 Å². The predicted octanol–water partition coefficient (Wildman–Crippen LogP) is 3.24. The zero-order chi connectivity index (χ0) is 19.7. The Morgan fingerprint density at radius 2 is 1.93 bits per heavy atom. The van der Waals surface area contributed by atoms with Gasteiger partial charge in [0.1, 0.15) is 5.69 Å². The van der Waals surface area contributed by atoms with Crippen molar-refractivity contribution in [2.45, 2.75) is 19.8 Å². The number of nitro groups is 1. The van der Waals surface area contributed by atoms with Gasteiger partial charge in [0.15, 0.2) is 0 Å². The molecular weight excluding hydrogens is 358 g/mol. The van der Waals surface area contributed by atoms with Gasteiger partial charge in [-0.1, -0.05) is 24.3 Å². The zero-order valence-electron chi connectivity index (χ0n) is 15.1. The number of hydrogen-bond acceptors (Lipinski definition) is 5. The van der Waals surface area contributed by atoms with Gasteiger partial charge in [0.2, 0.25) is 0 Å². The van der Waals surface area contributed by atoms with Crippen LogP contribution in [0.4, 0.5) is 5.69 Å². The molecule has 1 aromatic heterocycles. The highest BCUT2D eigenvalue weighted by molar-refractivity contribution is 6.01. The maximum absolute atomic E-state index is 12.6. The van der Waals surface area contributed by atoms with Gasteiger partial charge in [0, 0.05) is 23.3 Å². The van der Waals surface area contributed by atoms with Crippen molar-refractivity contribution in [3.8, 4) is 11.3 Å². The summed E-state index contributed by atoms with van der Waals surface area (Å²) in [7, 11) is 0. The molecule has 4 rings (SSSR count). The Morgan fingerprint density at radius 3 is 2.68 bits per heavy atom. The number of aromatic nitrogens is 2. The molecule has 0 spiro atoms. The predicted molar refractivity (Wildman–Crippen MR) is 104 cm³/mol. The van der Waals surface area contributed by atoms with Crippen LogP contribution in [0.25, 0.3) is 11.3 Å². The SMILES string of the molecule is CC(=NNC(=O)c1[nH]nc2c1CCc1ccccc1-2)c1ccc([N+](=O)[O-])cc1. The highest BCUT2D eigenvalue weighted by atomic mass is 16.6. The number of non-ortho nitro benzene ring substituents is 1. The molecule has 8 nitrogen and oxygen atoms in total. The lowest BCUT2D eigenvalue weighted by Gasteiger charge is -2.15. The van der Waals surface area contributed by atoms with E-state index in [4.69, 9.17) is 0 Å². The highest BCUT2D eigenvalue weighted by Crippen LogP contribution is 2.33. The fraction of sp³-hybridized carbons (Fsp3) is 0.150. The highest BCUT2D eigenvalue weighted by Gasteiger charge is 2.24. The van der Waals surface area contributed by atoms with E-state index in [0.717, 1.165) is 29.7 Å². The van der Waals surface area contributed by atoms with Crippen LogP contribution >= 0.6 is 0 Å². The summed E-state index contributed by atoms with van der Waals surface area (Å²) in [5.74, 6) is -0.366. The molecule has 8 heteroatoms. The summed E-state index contributed by atoms with van der Waals surface area (Å²) < 4.78 is 0. The standard InChI is InChI=1S/C20H17N5O3/c1-12(13-6-9-15(10-7-13)25(27)28)21-24-20(26)19-17-11-8-14-4-2-3-5-16(14)18(17)22-23-19/h2-7,9-10H,8,11H2,1H3,(H,22,23)(H,24,26). The average molecular weight is 375 g/mol. The van der Waals surface area contributed by atoms with Gasteiger partial charge in [0.25, 0.3) is 11.6 Å². The van der Waals surface area contributed by atoms with Crippen LogP contribution in [0.2, 0.25) is 0 Å². The number of fused-ring (bicyclic) bond motifs is 3. The van der Waals surface area contributed by atoms with Gasteiger partial charge in [-0.15, -0.1) is 0 Å². The number of amides is 1. The van der Waals surface area contributed by atoms with Crippen LogP contribution in [0.5, 0.6) is 0 Å². The van der Waals surface area contributed by atoms with E-state index in [1.165, 1.54) is 17.7 Å². The maximum Gasteiger partial charge on any atom is 0.289 e. The molecule has 0 bridgehead atoms. The number of aryl methyl sites for hydroxylation is 1. The van der Waals surface area contributed by atoms with Gasteiger partial charge in [-0.3, -0.25) is 20.0 Å². The Hall–Kier alpha value is -3.81. The van der Waals surface area contributed by atoms with Gasteiger partial charge in [-0.25, -0.2) is 5.43 Å². The van der Waals surface area contributed by atoms with E-state index in [1.54, 1.807) is 19.1 Å². The van der Waals surface area contributed by atoms with Crippen LogP contribution in [0.1, 0.15) is 34.1 Å². The molecule has 2 aromatic carbocycles. The summed E-state index contributed by atoms with van der Waals surface area (Å²) in [6.07, 6.45) is 1.59. The summed E-state index contributed by atoms with van der Waals surface area (Å²) in [5.41, 5.74) is 8.15. The van der Waals surface area contributed by atoms with Crippen molar-refractivity contribution in [2.24, 2.45) is 5.10 Å². The number of carbonyl (C=O) groups excluding carboxylic acids is 1. The molecular formula is C20H17N5O3. The van der Waals surface area contributed by atoms with Crippen molar-refractivity contribution in [2.75, 3.05) is 0 Å². The first kappa shape index (κ1) is 17.6. The lowest BCUT2D eigenvalue weighted by atomic mass is 9.89. The summed E-state index contributed by atoms with van der Waals surface area (Å²) in [6, 6.07) is 14.0. The van der Waals surface area contributed by atoms with E-state index in [0.29, 0.717) is 17.0 Å². The lowest BCUT2D eigenvalue weighted by Crippen LogP contribution is -2.21. The molecule has 0 unspecified atom stereocenters. The number of carbonyl (C=O) groups is 1. The molecule has 2 N–H and O–H groups in total. The number of hydrazone groups is 1. The number of benzene rings is 2. The number of aromatic amines is 1. The second kappa shape index (κ2) is 7.07. The zero-order valence-corrected chi connectivity index (χ0v) is 15.1. The molecule has 1 aliphatic rings. The van der Waals surface area contributed by atoms with E-state index < -0.39 is 4.92 Å². The van der Waals surface area contributed by atoms with Gasteiger partial charge in [0.05, 0.1) is 16.3 Å². The van der Waals surface area contributed by atoms with Crippen molar-refractivity contribution in [1.82, 2.24) is 15.6 Å². The van der Waals surface area contributed by atoms with E-state index >= 15 is 0 Å². The van der Waals surface area contributed by atoms with Crippen LogP contribution < -0.4 is 5.43 Å². The third-order valence-corrected chi connectivity index (χ3v) is 4.83. The first-order chi connectivity index (χ1) is 13.5. The van der Waals surface area contributed by atoms with E-state index in [-0.39, 0.29) is 11.6 Å². The molecule has 28 heavy (non-hydrogen) atoms. The summed E-state index contributed by atoms with van der Waals surface area (Å²) >= 11 is 0. The van der Waals surface area contributed by atoms with Crippen molar-refractivity contribution < 1.29 is 9.72 Å². The van der Waals surface area contributed by atoms with Crippen molar-refractivity contribution in [3.63, 3.8) is 0 Å². The Kier molecular flexibility index (Phi) is 4.44. The second-order valence-corrected chi connectivity index (χ2v) is 6.53. The largest absolute Gasteiger partial charge is 0.289 e. The normalized spacial score (nSPS) is 12.8. The Labute approximate surface area is 160 Å². The first-order valence-electron chi connectivity index (χ1n) is 8.79. The maximum atomic E-state index is 12.6. The molecule has 0 fully saturated rings. The van der Waals surface area contributed by atoms with Crippen molar-refractivity contribution >= 4 is 17.3 Å². The summed E-state index contributed by atoms with van der Waals surface area (Å²) in [5, 5.41) is 22.0. The van der Waals surface area contributed by atoms with Gasteiger partial charge < -0.3 is 0 Å². The van der Waals surface area contributed by atoms with Gasteiger partial charge in [-0.2, -0.15) is 10.2 Å². The molecule has 1 heterocycles. The minimum absolute atomic E-state index is 0.00459. The third-order valence-electron chi connectivity index (χ3n) is 4.83. The van der Waals surface area contributed by atoms with Crippen LogP contribution in [0.3, 0.4) is 0 Å². The minimum Gasteiger partial charge on any atom is -0.272 e. The summed E-state index contributed by atoms with van der Waals surface area (Å²) in [6.45, 7) is 1.72. The molecule has 0 saturated heterocycles. The number of nitro benzene ring substituents is 1. The number of hydrogen-bond donors (Lipinski definition) is 2. The molecule has 0 saturated carbocycles.